The maximum absolute atomic E-state index is 16.1. The average Bonchev–Trinajstić information content (AvgIpc) is 3.73. The van der Waals surface area contributed by atoms with E-state index < -0.39 is 75.3 Å². The lowest BCUT2D eigenvalue weighted by molar-refractivity contribution is -0.139. The zero-order valence-corrected chi connectivity index (χ0v) is 39.9. The molecule has 2 atom stereocenters. The van der Waals surface area contributed by atoms with E-state index in [1.165, 1.54) is 38.7 Å². The third-order valence-corrected chi connectivity index (χ3v) is 16.6. The van der Waals surface area contributed by atoms with Crippen molar-refractivity contribution in [1.82, 2.24) is 23.7 Å². The number of urea groups is 1. The van der Waals surface area contributed by atoms with E-state index in [9.17, 15) is 42.3 Å². The fraction of sp³-hybridized carbons (Fsp3) is 0.391. The second kappa shape index (κ2) is 19.2. The number of imide groups is 1. The number of carboxylic acid groups (broad SMARTS) is 2. The largest absolute Gasteiger partial charge is 0.479 e. The number of carbonyl (C=O) groups is 5. The van der Waals surface area contributed by atoms with E-state index in [2.05, 4.69) is 16.0 Å². The Labute approximate surface area is 402 Å². The molecule has 3 saturated heterocycles. The van der Waals surface area contributed by atoms with Crippen LogP contribution in [0.3, 0.4) is 0 Å². The number of ether oxygens (including phenoxy) is 1. The van der Waals surface area contributed by atoms with Gasteiger partial charge in [-0.1, -0.05) is 35.9 Å². The number of amides is 4. The number of hydrogen-bond donors (Lipinski definition) is 5. The Balaban J connectivity index is 0.876. The summed E-state index contributed by atoms with van der Waals surface area (Å²) in [5.74, 6) is -6.13. The molecule has 2 aromatic heterocycles. The summed E-state index contributed by atoms with van der Waals surface area (Å²) in [6, 6.07) is 12.1. The lowest BCUT2D eigenvalue weighted by Gasteiger charge is -2.45. The number of likely N-dealkylation sites (tertiary alicyclic amines) is 1. The normalized spacial score (nSPS) is 19.1. The van der Waals surface area contributed by atoms with Gasteiger partial charge in [0.15, 0.2) is 23.1 Å². The molecule has 5 heterocycles. The highest BCUT2D eigenvalue weighted by Gasteiger charge is 2.42. The first-order valence-electron chi connectivity index (χ1n) is 22.0. The number of aliphatic carboxylic acids is 1. The van der Waals surface area contributed by atoms with Gasteiger partial charge in [0, 0.05) is 62.0 Å². The highest BCUT2D eigenvalue weighted by Crippen LogP contribution is 2.47. The summed E-state index contributed by atoms with van der Waals surface area (Å²) < 4.78 is 69.1. The monoisotopic (exact) mass is 1010 g/mol. The molecule has 3 fully saturated rings. The molecule has 8 rings (SSSR count). The van der Waals surface area contributed by atoms with Gasteiger partial charge in [-0.05, 0) is 87.3 Å². The number of aryl methyl sites for hydroxylation is 1. The molecule has 0 saturated carbocycles. The number of nitrogens with one attached hydrogen (secondary N) is 3. The summed E-state index contributed by atoms with van der Waals surface area (Å²) in [6.45, 7) is 3.38. The molecular weight excluding hydrogens is 964 g/mol. The highest BCUT2D eigenvalue weighted by molar-refractivity contribution is 7.88. The molecule has 3 aliphatic rings. The number of carboxylic acids is 2. The van der Waals surface area contributed by atoms with Crippen molar-refractivity contribution in [3.63, 3.8) is 0 Å². The number of benzene rings is 3. The number of fused-ring (bicyclic) bond motifs is 1. The van der Waals surface area contributed by atoms with E-state index in [1.54, 1.807) is 55.1 Å². The summed E-state index contributed by atoms with van der Waals surface area (Å²) in [5, 5.41) is 26.8. The molecule has 5 aromatic rings. The lowest BCUT2D eigenvalue weighted by Crippen LogP contribution is -2.55. The third-order valence-electron chi connectivity index (χ3n) is 12.9. The van der Waals surface area contributed by atoms with Crippen LogP contribution in [0.1, 0.15) is 85.1 Å². The quantitative estimate of drug-likeness (QED) is 0.0772. The summed E-state index contributed by atoms with van der Waals surface area (Å²) in [4.78, 5) is 75.3. The Morgan fingerprint density at radius 2 is 1.70 bits per heavy atom. The zero-order chi connectivity index (χ0) is 49.7. The van der Waals surface area contributed by atoms with E-state index in [-0.39, 0.29) is 80.8 Å². The molecule has 4 amide bonds. The second-order valence-electron chi connectivity index (χ2n) is 18.0. The van der Waals surface area contributed by atoms with Crippen LogP contribution >= 0.6 is 22.9 Å². The van der Waals surface area contributed by atoms with Gasteiger partial charge in [0.2, 0.25) is 21.8 Å². The number of piperidine rings is 3. The number of anilines is 2. The molecule has 366 valence electrons. The summed E-state index contributed by atoms with van der Waals surface area (Å²) >= 11 is 7.06. The van der Waals surface area contributed by atoms with Crippen molar-refractivity contribution in [3.8, 4) is 16.2 Å². The third kappa shape index (κ3) is 9.92. The Hall–Kier alpha value is -6.36. The van der Waals surface area contributed by atoms with Crippen LogP contribution in [-0.2, 0) is 37.2 Å². The van der Waals surface area contributed by atoms with Crippen LogP contribution in [0.5, 0.6) is 5.75 Å². The smallest absolute Gasteiger partial charge is 0.349 e. The number of hydrogen-bond acceptors (Lipinski definition) is 11. The van der Waals surface area contributed by atoms with Crippen LogP contribution < -0.4 is 26.4 Å². The van der Waals surface area contributed by atoms with Gasteiger partial charge in [-0.25, -0.2) is 36.4 Å². The first-order chi connectivity index (χ1) is 32.6. The average molecular weight is 1010 g/mol. The fourth-order valence-electron chi connectivity index (χ4n) is 9.60. The molecule has 0 bridgehead atoms. The first kappa shape index (κ1) is 49.1. The second-order valence-corrected chi connectivity index (χ2v) is 21.3. The minimum atomic E-state index is -3.93. The zero-order valence-electron chi connectivity index (χ0n) is 37.5. The van der Waals surface area contributed by atoms with E-state index >= 15 is 8.78 Å². The lowest BCUT2D eigenvalue weighted by atomic mass is 9.89. The molecule has 0 radical (unpaired) electrons. The van der Waals surface area contributed by atoms with Gasteiger partial charge in [-0.2, -0.15) is 4.31 Å². The maximum atomic E-state index is 16.1. The van der Waals surface area contributed by atoms with Crippen LogP contribution in [0.15, 0.2) is 59.4 Å². The molecule has 3 aliphatic heterocycles. The highest BCUT2D eigenvalue weighted by atomic mass is 35.5. The first-order valence-corrected chi connectivity index (χ1v) is 24.8. The molecule has 3 aromatic carbocycles. The molecule has 23 heteroatoms. The summed E-state index contributed by atoms with van der Waals surface area (Å²) in [5.41, 5.74) is 0.498. The van der Waals surface area contributed by atoms with Crippen LogP contribution in [0, 0.1) is 11.6 Å². The van der Waals surface area contributed by atoms with Crippen LogP contribution in [-0.4, -0.2) is 105 Å². The van der Waals surface area contributed by atoms with Crippen LogP contribution in [0.4, 0.5) is 25.0 Å². The Morgan fingerprint density at radius 3 is 2.38 bits per heavy atom. The molecule has 1 unspecified atom stereocenters. The van der Waals surface area contributed by atoms with Gasteiger partial charge >= 0.3 is 23.7 Å². The molecule has 18 nitrogen and oxygen atoms in total. The molecule has 0 spiro atoms. The topological polar surface area (TPSA) is 239 Å². The van der Waals surface area contributed by atoms with Crippen molar-refractivity contribution in [2.75, 3.05) is 36.9 Å². The number of aromatic carboxylic acids is 1. The van der Waals surface area contributed by atoms with Gasteiger partial charge in [-0.15, -0.1) is 11.3 Å². The number of aromatic nitrogens is 2. The molecule has 0 aliphatic carbocycles. The number of carbonyl (C=O) groups excluding carboxylic acids is 3. The predicted molar refractivity (Wildman–Crippen MR) is 252 cm³/mol. The van der Waals surface area contributed by atoms with Gasteiger partial charge in [0.25, 0.3) is 0 Å². The Kier molecular flexibility index (Phi) is 13.7. The molecular formula is C46H48ClF2N7O11S2. The minimum absolute atomic E-state index is 0.0314. The Morgan fingerprint density at radius 1 is 0.971 bits per heavy atom. The minimum Gasteiger partial charge on any atom is -0.479 e. The number of thiophene rings is 1. The van der Waals surface area contributed by atoms with E-state index in [0.717, 1.165) is 0 Å². The van der Waals surface area contributed by atoms with Crippen molar-refractivity contribution in [2.24, 2.45) is 7.05 Å². The van der Waals surface area contributed by atoms with Crippen molar-refractivity contribution >= 4 is 85.2 Å². The maximum Gasteiger partial charge on any atom is 0.349 e. The van der Waals surface area contributed by atoms with Gasteiger partial charge in [-0.3, -0.25) is 24.0 Å². The van der Waals surface area contributed by atoms with Gasteiger partial charge < -0.3 is 30.5 Å². The number of imidazole rings is 1. The van der Waals surface area contributed by atoms with E-state index in [1.807, 2.05) is 0 Å². The standard InChI is InChI=1S/C46H48ClF2N7O11S2/c1-46(2)21-27(50-31-9-5-8-28(38(31)49)40-37(47)39(67-22-36(58)59)41(68-40)43(61)62)14-17-55(46)69(65,66)23-24-6-4-7-26(18-24)51-44(63)54-15-12-25(13-16-54)29-19-33-34(20-30(29)48)56(45(64)53(33)3)32-10-11-35(57)52-42(32)60/h4-9,18-20,25,27,32,50H,10-17,21-23H2,1-3H3,(H,51,63)(H,58,59)(H,61,62)(H,52,57,60)/t27-,32?/m0/s1. The number of rotatable bonds is 13. The van der Waals surface area contributed by atoms with Gasteiger partial charge in [0.05, 0.1) is 27.4 Å². The SMILES string of the molecule is Cn1c(=O)n(C2CCC(=O)NC2=O)c2cc(F)c(C3CCN(C(=O)Nc4cccc(CS(=O)(=O)N5CC[C@H](Nc6cccc(-c7sc(C(=O)O)c(OCC(=O)O)c7Cl)c6F)CC5(C)C)c4)CC3)cc21. The van der Waals surface area contributed by atoms with Crippen molar-refractivity contribution in [3.05, 3.63) is 97.7 Å². The predicted octanol–water partition coefficient (Wildman–Crippen LogP) is 6.74. The van der Waals surface area contributed by atoms with Crippen molar-refractivity contribution in [1.29, 1.82) is 0 Å². The Bertz CT molecular complexity index is 3090. The number of nitrogens with zero attached hydrogens (tertiary/aromatic N) is 4. The van der Waals surface area contributed by atoms with Crippen LogP contribution in [0.25, 0.3) is 21.5 Å². The van der Waals surface area contributed by atoms with Crippen LogP contribution in [0.2, 0.25) is 5.02 Å². The summed E-state index contributed by atoms with van der Waals surface area (Å²) in [6.07, 6.45) is 1.63. The number of sulfonamides is 1. The van der Waals surface area contributed by atoms with Gasteiger partial charge in [0.1, 0.15) is 16.9 Å². The van der Waals surface area contributed by atoms with Crippen molar-refractivity contribution in [2.45, 2.75) is 81.7 Å². The fourth-order valence-corrected chi connectivity index (χ4v) is 13.0. The molecule has 5 N–H and O–H groups in total. The van der Waals surface area contributed by atoms with E-state index in [0.29, 0.717) is 66.0 Å². The molecule has 69 heavy (non-hydrogen) atoms. The van der Waals surface area contributed by atoms with Crippen molar-refractivity contribution < 1.29 is 56.1 Å². The summed E-state index contributed by atoms with van der Waals surface area (Å²) in [7, 11) is -2.39. The van der Waals surface area contributed by atoms with E-state index in [4.69, 9.17) is 21.4 Å². The number of halogens is 3.